The van der Waals surface area contributed by atoms with Crippen LogP contribution in [-0.2, 0) is 33.3 Å². The number of aryl methyl sites for hydroxylation is 2. The van der Waals surface area contributed by atoms with Crippen LogP contribution in [0.25, 0.3) is 0 Å². The van der Waals surface area contributed by atoms with Crippen LogP contribution < -0.4 is 0 Å². The second-order valence-electron chi connectivity index (χ2n) is 6.87. The molecule has 2 rings (SSSR count). The lowest BCUT2D eigenvalue weighted by Gasteiger charge is -2.17. The Bertz CT molecular complexity index is 996. The Morgan fingerprint density at radius 3 is 1.62 bits per heavy atom. The van der Waals surface area contributed by atoms with Crippen LogP contribution in [0.4, 0.5) is 0 Å². The molecular formula is C20H26O7S2. The van der Waals surface area contributed by atoms with Gasteiger partial charge in [-0.05, 0) is 52.0 Å². The Morgan fingerprint density at radius 2 is 1.14 bits per heavy atom. The molecule has 0 aliphatic heterocycles. The molecule has 0 radical (unpaired) electrons. The van der Waals surface area contributed by atoms with Crippen molar-refractivity contribution in [2.24, 2.45) is 0 Å². The summed E-state index contributed by atoms with van der Waals surface area (Å²) in [5.41, 5.74) is 1.88. The Balaban J connectivity index is 1.83. The minimum atomic E-state index is -3.91. The molecule has 160 valence electrons. The lowest BCUT2D eigenvalue weighted by molar-refractivity contribution is -0.00340. The molecule has 0 fully saturated rings. The zero-order valence-electron chi connectivity index (χ0n) is 16.9. The Hall–Kier alpha value is -1.78. The highest BCUT2D eigenvalue weighted by Gasteiger charge is 2.21. The van der Waals surface area contributed by atoms with Crippen LogP contribution >= 0.6 is 0 Å². The zero-order chi connectivity index (χ0) is 21.7. The predicted molar refractivity (Wildman–Crippen MR) is 109 cm³/mol. The molecule has 0 amide bonds. The molecule has 0 aliphatic carbocycles. The van der Waals surface area contributed by atoms with E-state index in [0.717, 1.165) is 11.1 Å². The molecule has 0 aromatic heterocycles. The van der Waals surface area contributed by atoms with E-state index in [9.17, 15) is 16.8 Å². The second kappa shape index (κ2) is 9.82. The maximum absolute atomic E-state index is 12.3. The summed E-state index contributed by atoms with van der Waals surface area (Å²) in [6.45, 7) is 6.66. The average Bonchev–Trinajstić information content (AvgIpc) is 2.65. The summed E-state index contributed by atoms with van der Waals surface area (Å²) in [6.07, 6.45) is -1.33. The molecule has 7 nitrogen and oxygen atoms in total. The zero-order valence-corrected chi connectivity index (χ0v) is 18.5. The van der Waals surface area contributed by atoms with Gasteiger partial charge in [-0.25, -0.2) is 0 Å². The monoisotopic (exact) mass is 442 g/mol. The average molecular weight is 443 g/mol. The van der Waals surface area contributed by atoms with E-state index in [0.29, 0.717) is 0 Å². The fraction of sp³-hybridized carbons (Fsp3) is 0.400. The van der Waals surface area contributed by atoms with Crippen molar-refractivity contribution >= 4 is 20.2 Å². The number of hydrogen-bond donors (Lipinski definition) is 0. The number of rotatable bonds is 10. The number of benzene rings is 2. The van der Waals surface area contributed by atoms with Gasteiger partial charge in [-0.1, -0.05) is 35.4 Å². The van der Waals surface area contributed by atoms with Crippen LogP contribution in [-0.4, -0.2) is 42.3 Å². The summed E-state index contributed by atoms with van der Waals surface area (Å²) in [6, 6.07) is 12.6. The highest BCUT2D eigenvalue weighted by atomic mass is 32.2. The SMILES string of the molecule is Cc1ccc(S(=O)(=O)OCC(C)OCC(C)OS(=O)(=O)c2ccc(C)cc2)cc1. The van der Waals surface area contributed by atoms with Crippen LogP contribution in [0.15, 0.2) is 58.3 Å². The Kier molecular flexibility index (Phi) is 7.95. The minimum absolute atomic E-state index is 0.0415. The Morgan fingerprint density at radius 1 is 0.690 bits per heavy atom. The maximum atomic E-state index is 12.3. The Labute approximate surface area is 172 Å². The standard InChI is InChI=1S/C20H26O7S2/c1-15-5-9-19(10-6-15)28(21,22)26-14-17(3)25-13-18(4)27-29(23,24)20-11-7-16(2)8-12-20/h5-12,17-18H,13-14H2,1-4H3. The molecule has 0 heterocycles. The summed E-state index contributed by atoms with van der Waals surface area (Å²) >= 11 is 0. The van der Waals surface area contributed by atoms with Crippen molar-refractivity contribution in [3.8, 4) is 0 Å². The van der Waals surface area contributed by atoms with Gasteiger partial charge in [0, 0.05) is 0 Å². The third kappa shape index (κ3) is 7.20. The van der Waals surface area contributed by atoms with Crippen molar-refractivity contribution in [1.82, 2.24) is 0 Å². The van der Waals surface area contributed by atoms with Gasteiger partial charge < -0.3 is 4.74 Å². The van der Waals surface area contributed by atoms with Crippen molar-refractivity contribution in [3.05, 3.63) is 59.7 Å². The van der Waals surface area contributed by atoms with Crippen LogP contribution in [0.1, 0.15) is 25.0 Å². The van der Waals surface area contributed by atoms with E-state index in [-0.39, 0.29) is 23.0 Å². The lowest BCUT2D eigenvalue weighted by Crippen LogP contribution is -2.26. The van der Waals surface area contributed by atoms with Gasteiger partial charge >= 0.3 is 0 Å². The molecule has 2 atom stereocenters. The van der Waals surface area contributed by atoms with Gasteiger partial charge in [-0.3, -0.25) is 8.37 Å². The molecular weight excluding hydrogens is 416 g/mol. The van der Waals surface area contributed by atoms with Crippen molar-refractivity contribution in [3.63, 3.8) is 0 Å². The second-order valence-corrected chi connectivity index (χ2v) is 10.1. The molecule has 2 unspecified atom stereocenters. The first kappa shape index (κ1) is 23.5. The quantitative estimate of drug-likeness (QED) is 0.521. The first-order valence-corrected chi connectivity index (χ1v) is 11.9. The fourth-order valence-corrected chi connectivity index (χ4v) is 4.36. The van der Waals surface area contributed by atoms with Crippen molar-refractivity contribution in [2.75, 3.05) is 13.2 Å². The maximum Gasteiger partial charge on any atom is 0.297 e. The van der Waals surface area contributed by atoms with Gasteiger partial charge in [0.2, 0.25) is 0 Å². The first-order valence-electron chi connectivity index (χ1n) is 9.07. The van der Waals surface area contributed by atoms with E-state index in [4.69, 9.17) is 13.1 Å². The van der Waals surface area contributed by atoms with E-state index in [1.165, 1.54) is 24.3 Å². The van der Waals surface area contributed by atoms with Crippen molar-refractivity contribution < 1.29 is 29.9 Å². The lowest BCUT2D eigenvalue weighted by atomic mass is 10.2. The summed E-state index contributed by atoms with van der Waals surface area (Å²) in [5.74, 6) is 0. The molecule has 2 aromatic rings. The van der Waals surface area contributed by atoms with Gasteiger partial charge in [-0.2, -0.15) is 16.8 Å². The molecule has 9 heteroatoms. The number of hydrogen-bond acceptors (Lipinski definition) is 7. The topological polar surface area (TPSA) is 96.0 Å². The third-order valence-corrected chi connectivity index (χ3v) is 6.71. The molecule has 0 bridgehead atoms. The van der Waals surface area contributed by atoms with E-state index >= 15 is 0 Å². The molecule has 0 aliphatic rings. The third-order valence-electron chi connectivity index (χ3n) is 3.98. The summed E-state index contributed by atoms with van der Waals surface area (Å²) in [4.78, 5) is 0.131. The van der Waals surface area contributed by atoms with E-state index in [2.05, 4.69) is 0 Å². The van der Waals surface area contributed by atoms with Crippen molar-refractivity contribution in [1.29, 1.82) is 0 Å². The molecule has 0 saturated carbocycles. The van der Waals surface area contributed by atoms with Crippen molar-refractivity contribution in [2.45, 2.75) is 49.7 Å². The largest absolute Gasteiger partial charge is 0.373 e. The fourth-order valence-electron chi connectivity index (χ4n) is 2.31. The van der Waals surface area contributed by atoms with Crippen LogP contribution in [0.3, 0.4) is 0 Å². The highest BCUT2D eigenvalue weighted by Crippen LogP contribution is 2.16. The molecule has 0 spiro atoms. The first-order chi connectivity index (χ1) is 13.5. The van der Waals surface area contributed by atoms with Gasteiger partial charge in [0.15, 0.2) is 0 Å². The van der Waals surface area contributed by atoms with Gasteiger partial charge in [0.25, 0.3) is 20.2 Å². The molecule has 0 N–H and O–H groups in total. The predicted octanol–water partition coefficient (Wildman–Crippen LogP) is 3.21. The highest BCUT2D eigenvalue weighted by molar-refractivity contribution is 7.87. The molecule has 0 saturated heterocycles. The smallest absolute Gasteiger partial charge is 0.297 e. The van der Waals surface area contributed by atoms with Crippen LogP contribution in [0.5, 0.6) is 0 Å². The summed E-state index contributed by atoms with van der Waals surface area (Å²) in [5, 5.41) is 0. The van der Waals surface area contributed by atoms with Gasteiger partial charge in [-0.15, -0.1) is 0 Å². The van der Waals surface area contributed by atoms with E-state index in [1.807, 2.05) is 13.8 Å². The van der Waals surface area contributed by atoms with E-state index < -0.39 is 32.4 Å². The summed E-state index contributed by atoms with van der Waals surface area (Å²) in [7, 11) is -7.79. The summed E-state index contributed by atoms with van der Waals surface area (Å²) < 4.78 is 64.5. The van der Waals surface area contributed by atoms with Gasteiger partial charge in [0.1, 0.15) is 0 Å². The number of ether oxygens (including phenoxy) is 1. The molecule has 2 aromatic carbocycles. The van der Waals surface area contributed by atoms with Crippen LogP contribution in [0.2, 0.25) is 0 Å². The normalized spacial score (nSPS) is 14.5. The molecule has 29 heavy (non-hydrogen) atoms. The van der Waals surface area contributed by atoms with Crippen LogP contribution in [0, 0.1) is 13.8 Å². The van der Waals surface area contributed by atoms with Gasteiger partial charge in [0.05, 0.1) is 35.2 Å². The van der Waals surface area contributed by atoms with E-state index in [1.54, 1.807) is 38.1 Å². The minimum Gasteiger partial charge on any atom is -0.373 e.